The van der Waals surface area contributed by atoms with E-state index >= 15 is 0 Å². The minimum Gasteiger partial charge on any atom is -0.449 e. The molecule has 0 radical (unpaired) electrons. The number of hydrogen-bond acceptors (Lipinski definition) is 8. The summed E-state index contributed by atoms with van der Waals surface area (Å²) in [4.78, 5) is 15.8. The normalized spacial score (nSPS) is 14.4. The van der Waals surface area contributed by atoms with Gasteiger partial charge >= 0.3 is 0 Å². The number of anilines is 4. The lowest BCUT2D eigenvalue weighted by molar-refractivity contribution is 0.531. The summed E-state index contributed by atoms with van der Waals surface area (Å²) < 4.78 is 6.27. The van der Waals surface area contributed by atoms with Crippen LogP contribution in [-0.4, -0.2) is 34.3 Å². The smallest absolute Gasteiger partial charge is 0.250 e. The maximum atomic E-state index is 5.47. The lowest BCUT2D eigenvalue weighted by atomic mass is 10.1. The van der Waals surface area contributed by atoms with E-state index in [1.807, 2.05) is 42.5 Å². The number of furan rings is 1. The zero-order valence-electron chi connectivity index (χ0n) is 15.2. The van der Waals surface area contributed by atoms with Gasteiger partial charge in [-0.1, -0.05) is 18.2 Å². The Hall–Kier alpha value is -2.69. The van der Waals surface area contributed by atoms with E-state index < -0.39 is 0 Å². The summed E-state index contributed by atoms with van der Waals surface area (Å²) in [6, 6.07) is 13.5. The van der Waals surface area contributed by atoms with Gasteiger partial charge in [0.25, 0.3) is 0 Å². The van der Waals surface area contributed by atoms with Crippen LogP contribution < -0.4 is 15.6 Å². The van der Waals surface area contributed by atoms with Crippen molar-refractivity contribution in [3.05, 3.63) is 52.0 Å². The fourth-order valence-corrected chi connectivity index (χ4v) is 3.34. The molecule has 3 aromatic rings. The average Bonchev–Trinajstić information content (AvgIpc) is 3.14. The SMILES string of the molecule is Ic1ccc(/C=N/Nc2nc(Nc3ccccc3)nc(N3CCCCC3)n2)o1. The molecule has 0 amide bonds. The van der Waals surface area contributed by atoms with Gasteiger partial charge in [-0.05, 0) is 66.1 Å². The summed E-state index contributed by atoms with van der Waals surface area (Å²) in [6.07, 6.45) is 5.13. The van der Waals surface area contributed by atoms with E-state index in [0.717, 1.165) is 35.4 Å². The molecule has 144 valence electrons. The van der Waals surface area contributed by atoms with Gasteiger partial charge in [0, 0.05) is 18.8 Å². The maximum absolute atomic E-state index is 5.47. The zero-order valence-corrected chi connectivity index (χ0v) is 17.3. The van der Waals surface area contributed by atoms with Crippen molar-refractivity contribution in [2.75, 3.05) is 28.7 Å². The molecule has 1 aromatic carbocycles. The van der Waals surface area contributed by atoms with Crippen molar-refractivity contribution in [2.45, 2.75) is 19.3 Å². The topological polar surface area (TPSA) is 91.5 Å². The maximum Gasteiger partial charge on any atom is 0.250 e. The van der Waals surface area contributed by atoms with E-state index in [0.29, 0.717) is 23.6 Å². The van der Waals surface area contributed by atoms with Crippen LogP contribution in [0.25, 0.3) is 0 Å². The highest BCUT2D eigenvalue weighted by atomic mass is 127. The number of halogens is 1. The van der Waals surface area contributed by atoms with E-state index in [4.69, 9.17) is 4.42 Å². The molecule has 1 aliphatic heterocycles. The largest absolute Gasteiger partial charge is 0.449 e. The summed E-state index contributed by atoms with van der Waals surface area (Å²) in [7, 11) is 0. The Kier molecular flexibility index (Phi) is 6.00. The third-order valence-electron chi connectivity index (χ3n) is 4.24. The Morgan fingerprint density at radius 3 is 2.50 bits per heavy atom. The van der Waals surface area contributed by atoms with Crippen molar-refractivity contribution in [1.29, 1.82) is 0 Å². The molecule has 4 rings (SSSR count). The first-order valence-corrected chi connectivity index (χ1v) is 10.2. The second-order valence-electron chi connectivity index (χ2n) is 6.33. The quantitative estimate of drug-likeness (QED) is 0.304. The van der Waals surface area contributed by atoms with Crippen LogP contribution in [0.1, 0.15) is 25.0 Å². The van der Waals surface area contributed by atoms with Gasteiger partial charge in [-0.15, -0.1) is 0 Å². The van der Waals surface area contributed by atoms with E-state index in [-0.39, 0.29) is 0 Å². The van der Waals surface area contributed by atoms with E-state index in [1.54, 1.807) is 6.21 Å². The number of hydrogen-bond donors (Lipinski definition) is 2. The van der Waals surface area contributed by atoms with Crippen molar-refractivity contribution in [3.63, 3.8) is 0 Å². The van der Waals surface area contributed by atoms with Crippen LogP contribution in [0.2, 0.25) is 0 Å². The molecule has 0 saturated carbocycles. The monoisotopic (exact) mass is 489 g/mol. The number of nitrogens with one attached hydrogen (secondary N) is 2. The van der Waals surface area contributed by atoms with Crippen molar-refractivity contribution >= 4 is 52.3 Å². The molecule has 1 saturated heterocycles. The first kappa shape index (κ1) is 18.7. The highest BCUT2D eigenvalue weighted by Crippen LogP contribution is 2.20. The van der Waals surface area contributed by atoms with Crippen LogP contribution >= 0.6 is 22.6 Å². The van der Waals surface area contributed by atoms with Gasteiger partial charge in [0.15, 0.2) is 3.77 Å². The van der Waals surface area contributed by atoms with Crippen LogP contribution in [0.5, 0.6) is 0 Å². The molecule has 0 unspecified atom stereocenters. The van der Waals surface area contributed by atoms with Crippen molar-refractivity contribution < 1.29 is 4.42 Å². The van der Waals surface area contributed by atoms with Crippen LogP contribution in [0.4, 0.5) is 23.5 Å². The zero-order chi connectivity index (χ0) is 19.2. The lowest BCUT2D eigenvalue weighted by Gasteiger charge is -2.26. The number of para-hydroxylation sites is 1. The van der Waals surface area contributed by atoms with Crippen molar-refractivity contribution in [2.24, 2.45) is 5.10 Å². The number of nitrogens with zero attached hydrogens (tertiary/aromatic N) is 5. The highest BCUT2D eigenvalue weighted by Gasteiger charge is 2.16. The van der Waals surface area contributed by atoms with E-state index in [2.05, 4.69) is 58.3 Å². The summed E-state index contributed by atoms with van der Waals surface area (Å²) >= 11 is 2.11. The molecule has 1 aliphatic rings. The van der Waals surface area contributed by atoms with Gasteiger partial charge in [-0.2, -0.15) is 20.1 Å². The van der Waals surface area contributed by atoms with Gasteiger partial charge in [0.1, 0.15) is 5.76 Å². The third-order valence-corrected chi connectivity index (χ3v) is 4.82. The molecule has 2 aromatic heterocycles. The number of aromatic nitrogens is 3. The highest BCUT2D eigenvalue weighted by molar-refractivity contribution is 14.1. The predicted octanol–water partition coefficient (Wildman–Crippen LogP) is 4.25. The minimum atomic E-state index is 0.381. The van der Waals surface area contributed by atoms with Crippen molar-refractivity contribution in [1.82, 2.24) is 15.0 Å². The van der Waals surface area contributed by atoms with E-state index in [9.17, 15) is 0 Å². The first-order valence-electron chi connectivity index (χ1n) is 9.14. The third kappa shape index (κ3) is 4.97. The number of piperidine rings is 1. The van der Waals surface area contributed by atoms with Crippen molar-refractivity contribution in [3.8, 4) is 0 Å². The van der Waals surface area contributed by atoms with Gasteiger partial charge < -0.3 is 14.6 Å². The summed E-state index contributed by atoms with van der Waals surface area (Å²) in [5.74, 6) is 2.17. The number of hydrazone groups is 1. The Morgan fingerprint density at radius 1 is 0.964 bits per heavy atom. The molecular weight excluding hydrogens is 469 g/mol. The molecule has 2 N–H and O–H groups in total. The molecule has 0 spiro atoms. The van der Waals surface area contributed by atoms with Crippen LogP contribution in [0, 0.1) is 3.77 Å². The molecule has 8 nitrogen and oxygen atoms in total. The van der Waals surface area contributed by atoms with Gasteiger partial charge in [0.2, 0.25) is 17.8 Å². The molecule has 28 heavy (non-hydrogen) atoms. The first-order chi connectivity index (χ1) is 13.8. The van der Waals surface area contributed by atoms with Crippen LogP contribution in [0.15, 0.2) is 52.0 Å². The van der Waals surface area contributed by atoms with Gasteiger partial charge in [-0.25, -0.2) is 5.43 Å². The molecule has 3 heterocycles. The fraction of sp³-hybridized carbons (Fsp3) is 0.263. The summed E-state index contributed by atoms with van der Waals surface area (Å²) in [6.45, 7) is 1.89. The number of rotatable bonds is 6. The standard InChI is InChI=1S/C19H20IN7O/c20-16-10-9-15(28-16)13-21-26-18-23-17(22-14-7-3-1-4-8-14)24-19(25-18)27-11-5-2-6-12-27/h1,3-4,7-10,13H,2,5-6,11-12H2,(H2,22,23,24,25,26)/b21-13+. The van der Waals surface area contributed by atoms with Crippen LogP contribution in [-0.2, 0) is 0 Å². The second-order valence-corrected chi connectivity index (χ2v) is 7.40. The predicted molar refractivity (Wildman–Crippen MR) is 118 cm³/mol. The Labute approximate surface area is 176 Å². The molecule has 0 atom stereocenters. The Bertz CT molecular complexity index is 938. The lowest BCUT2D eigenvalue weighted by Crippen LogP contribution is -2.31. The molecule has 0 bridgehead atoms. The Balaban J connectivity index is 1.56. The molecule has 1 fully saturated rings. The van der Waals surface area contributed by atoms with Gasteiger partial charge in [0.05, 0.1) is 6.21 Å². The Morgan fingerprint density at radius 2 is 1.75 bits per heavy atom. The molecule has 0 aliphatic carbocycles. The second kappa shape index (κ2) is 9.00. The fourth-order valence-electron chi connectivity index (χ4n) is 2.91. The molecular formula is C19H20IN7O. The van der Waals surface area contributed by atoms with Crippen LogP contribution in [0.3, 0.4) is 0 Å². The minimum absolute atomic E-state index is 0.381. The average molecular weight is 489 g/mol. The van der Waals surface area contributed by atoms with Gasteiger partial charge in [-0.3, -0.25) is 0 Å². The summed E-state index contributed by atoms with van der Waals surface area (Å²) in [5.41, 5.74) is 3.80. The molecule has 9 heteroatoms. The summed E-state index contributed by atoms with van der Waals surface area (Å²) in [5, 5.41) is 7.42. The van der Waals surface area contributed by atoms with E-state index in [1.165, 1.54) is 6.42 Å². The number of benzene rings is 1.